The summed E-state index contributed by atoms with van der Waals surface area (Å²) in [4.78, 5) is 2.40. The quantitative estimate of drug-likeness (QED) is 0.745. The monoisotopic (exact) mass is 211 g/mol. The minimum Gasteiger partial charge on any atom is -0.496 e. The maximum atomic E-state index is 5.36. The summed E-state index contributed by atoms with van der Waals surface area (Å²) in [5.74, 6) is 1.80. The fraction of sp³-hybridized carbons (Fsp3) is 0.636. The van der Waals surface area contributed by atoms with Crippen molar-refractivity contribution in [3.63, 3.8) is 0 Å². The van der Waals surface area contributed by atoms with Gasteiger partial charge in [-0.2, -0.15) is 0 Å². The Kier molecular flexibility index (Phi) is 3.08. The molecule has 3 heteroatoms. The van der Waals surface area contributed by atoms with Crippen molar-refractivity contribution in [3.05, 3.63) is 16.3 Å². The Labute approximate surface area is 89.5 Å². The first-order valence-corrected chi connectivity index (χ1v) is 6.04. The summed E-state index contributed by atoms with van der Waals surface area (Å²) in [5, 5.41) is 4.35. The molecule has 0 spiro atoms. The zero-order chi connectivity index (χ0) is 9.97. The van der Waals surface area contributed by atoms with Gasteiger partial charge in [0.2, 0.25) is 0 Å². The van der Waals surface area contributed by atoms with Gasteiger partial charge < -0.3 is 9.64 Å². The lowest BCUT2D eigenvalue weighted by molar-refractivity contribution is 0.253. The Balaban J connectivity index is 2.08. The van der Waals surface area contributed by atoms with Crippen LogP contribution >= 0.6 is 11.3 Å². The van der Waals surface area contributed by atoms with Crippen LogP contribution in [0.5, 0.6) is 5.75 Å². The van der Waals surface area contributed by atoms with E-state index in [1.807, 2.05) is 0 Å². The maximum Gasteiger partial charge on any atom is 0.133 e. The van der Waals surface area contributed by atoms with Crippen molar-refractivity contribution in [2.45, 2.75) is 18.8 Å². The standard InChI is InChI=1S/C11H17NOS/c1-12-5-3-9(4-6-12)10-7-14-8-11(10)13-2/h7-9H,3-6H2,1-2H3. The minimum atomic E-state index is 0.715. The number of ether oxygens (including phenoxy) is 1. The Hall–Kier alpha value is -0.540. The van der Waals surface area contributed by atoms with Gasteiger partial charge in [0.25, 0.3) is 0 Å². The van der Waals surface area contributed by atoms with E-state index in [9.17, 15) is 0 Å². The molecule has 1 aliphatic rings. The van der Waals surface area contributed by atoms with Gasteiger partial charge in [-0.15, -0.1) is 11.3 Å². The van der Waals surface area contributed by atoms with Crippen LogP contribution in [0.25, 0.3) is 0 Å². The van der Waals surface area contributed by atoms with Crippen molar-refractivity contribution in [1.82, 2.24) is 4.90 Å². The van der Waals surface area contributed by atoms with Gasteiger partial charge in [0, 0.05) is 10.9 Å². The summed E-state index contributed by atoms with van der Waals surface area (Å²) in [7, 11) is 3.96. The highest BCUT2D eigenvalue weighted by Crippen LogP contribution is 2.36. The second-order valence-electron chi connectivity index (χ2n) is 3.97. The molecule has 1 aromatic rings. The van der Waals surface area contributed by atoms with E-state index < -0.39 is 0 Å². The fourth-order valence-electron chi connectivity index (χ4n) is 2.08. The number of hydrogen-bond donors (Lipinski definition) is 0. The van der Waals surface area contributed by atoms with Crippen LogP contribution in [-0.4, -0.2) is 32.1 Å². The lowest BCUT2D eigenvalue weighted by atomic mass is 9.91. The van der Waals surface area contributed by atoms with Gasteiger partial charge in [-0.1, -0.05) is 0 Å². The van der Waals surface area contributed by atoms with E-state index in [4.69, 9.17) is 4.74 Å². The molecule has 2 rings (SSSR count). The molecule has 1 saturated heterocycles. The summed E-state index contributed by atoms with van der Waals surface area (Å²) >= 11 is 1.75. The molecule has 0 saturated carbocycles. The second kappa shape index (κ2) is 4.32. The molecule has 0 amide bonds. The Morgan fingerprint density at radius 3 is 2.71 bits per heavy atom. The number of nitrogens with zero attached hydrogens (tertiary/aromatic N) is 1. The van der Waals surface area contributed by atoms with Crippen molar-refractivity contribution in [1.29, 1.82) is 0 Å². The molecule has 2 heterocycles. The molecule has 0 radical (unpaired) electrons. The van der Waals surface area contributed by atoms with E-state index in [0.29, 0.717) is 5.92 Å². The first kappa shape index (κ1) is 9.99. The molecule has 0 aromatic carbocycles. The molecule has 0 aliphatic carbocycles. The fourth-order valence-corrected chi connectivity index (χ4v) is 2.96. The van der Waals surface area contributed by atoms with Gasteiger partial charge in [-0.25, -0.2) is 0 Å². The molecule has 2 nitrogen and oxygen atoms in total. The summed E-state index contributed by atoms with van der Waals surface area (Å²) < 4.78 is 5.36. The maximum absolute atomic E-state index is 5.36. The summed E-state index contributed by atoms with van der Waals surface area (Å²) in [6.07, 6.45) is 2.53. The van der Waals surface area contributed by atoms with Gasteiger partial charge in [0.05, 0.1) is 7.11 Å². The predicted octanol–water partition coefficient (Wildman–Crippen LogP) is 2.57. The lowest BCUT2D eigenvalue weighted by Crippen LogP contribution is -2.29. The third-order valence-corrected chi connectivity index (χ3v) is 3.77. The highest BCUT2D eigenvalue weighted by molar-refractivity contribution is 7.08. The van der Waals surface area contributed by atoms with Crippen molar-refractivity contribution in [3.8, 4) is 5.75 Å². The van der Waals surface area contributed by atoms with E-state index in [1.165, 1.54) is 31.5 Å². The highest BCUT2D eigenvalue weighted by atomic mass is 32.1. The lowest BCUT2D eigenvalue weighted by Gasteiger charge is -2.28. The number of likely N-dealkylation sites (tertiary alicyclic amines) is 1. The third-order valence-electron chi connectivity index (χ3n) is 3.03. The molecule has 1 fully saturated rings. The Bertz CT molecular complexity index is 289. The van der Waals surface area contributed by atoms with Crippen molar-refractivity contribution < 1.29 is 4.74 Å². The zero-order valence-corrected chi connectivity index (χ0v) is 9.64. The molecule has 78 valence electrons. The van der Waals surface area contributed by atoms with Gasteiger partial charge >= 0.3 is 0 Å². The first-order chi connectivity index (χ1) is 6.81. The number of rotatable bonds is 2. The summed E-state index contributed by atoms with van der Waals surface area (Å²) in [6.45, 7) is 2.42. The van der Waals surface area contributed by atoms with Crippen LogP contribution in [0, 0.1) is 0 Å². The number of piperidine rings is 1. The van der Waals surface area contributed by atoms with Crippen LogP contribution < -0.4 is 4.74 Å². The number of methoxy groups -OCH3 is 1. The first-order valence-electron chi connectivity index (χ1n) is 5.10. The average Bonchev–Trinajstić information content (AvgIpc) is 2.67. The van der Waals surface area contributed by atoms with Gasteiger partial charge in [-0.05, 0) is 44.3 Å². The van der Waals surface area contributed by atoms with Crippen molar-refractivity contribution in [2.24, 2.45) is 0 Å². The Morgan fingerprint density at radius 2 is 2.07 bits per heavy atom. The molecule has 0 unspecified atom stereocenters. The zero-order valence-electron chi connectivity index (χ0n) is 8.82. The highest BCUT2D eigenvalue weighted by Gasteiger charge is 2.21. The largest absolute Gasteiger partial charge is 0.496 e. The number of thiophene rings is 1. The van der Waals surface area contributed by atoms with E-state index in [1.54, 1.807) is 18.4 Å². The van der Waals surface area contributed by atoms with Crippen LogP contribution in [0.1, 0.15) is 24.3 Å². The molecule has 0 N–H and O–H groups in total. The van der Waals surface area contributed by atoms with Crippen LogP contribution in [0.3, 0.4) is 0 Å². The average molecular weight is 211 g/mol. The Morgan fingerprint density at radius 1 is 1.36 bits per heavy atom. The molecular weight excluding hydrogens is 194 g/mol. The van der Waals surface area contributed by atoms with Crippen LogP contribution in [0.4, 0.5) is 0 Å². The van der Waals surface area contributed by atoms with Gasteiger partial charge in [-0.3, -0.25) is 0 Å². The van der Waals surface area contributed by atoms with Crippen molar-refractivity contribution >= 4 is 11.3 Å². The minimum absolute atomic E-state index is 0.715. The molecular formula is C11H17NOS. The second-order valence-corrected chi connectivity index (χ2v) is 4.72. The van der Waals surface area contributed by atoms with Gasteiger partial charge in [0.15, 0.2) is 0 Å². The van der Waals surface area contributed by atoms with Gasteiger partial charge in [0.1, 0.15) is 5.75 Å². The molecule has 0 atom stereocenters. The SMILES string of the molecule is COc1cscc1C1CCN(C)CC1. The smallest absolute Gasteiger partial charge is 0.133 e. The number of hydrogen-bond acceptors (Lipinski definition) is 3. The van der Waals surface area contributed by atoms with E-state index in [-0.39, 0.29) is 0 Å². The normalized spacial score (nSPS) is 19.9. The molecule has 14 heavy (non-hydrogen) atoms. The summed E-state index contributed by atoms with van der Waals surface area (Å²) in [6, 6.07) is 0. The van der Waals surface area contributed by atoms with Crippen LogP contribution in [0.2, 0.25) is 0 Å². The molecule has 1 aromatic heterocycles. The van der Waals surface area contributed by atoms with Crippen molar-refractivity contribution in [2.75, 3.05) is 27.2 Å². The topological polar surface area (TPSA) is 12.5 Å². The van der Waals surface area contributed by atoms with Crippen LogP contribution in [0.15, 0.2) is 10.8 Å². The summed E-state index contributed by atoms with van der Waals surface area (Å²) in [5.41, 5.74) is 1.42. The van der Waals surface area contributed by atoms with E-state index in [2.05, 4.69) is 22.7 Å². The third kappa shape index (κ3) is 1.93. The van der Waals surface area contributed by atoms with Crippen LogP contribution in [-0.2, 0) is 0 Å². The molecule has 1 aliphatic heterocycles. The molecule has 0 bridgehead atoms. The van der Waals surface area contributed by atoms with E-state index >= 15 is 0 Å². The van der Waals surface area contributed by atoms with E-state index in [0.717, 1.165) is 5.75 Å². The predicted molar refractivity (Wildman–Crippen MR) is 60.3 cm³/mol.